The van der Waals surface area contributed by atoms with Crippen LogP contribution in [0.1, 0.15) is 29.6 Å². The highest BCUT2D eigenvalue weighted by atomic mass is 19.1. The molecule has 1 aliphatic carbocycles. The van der Waals surface area contributed by atoms with E-state index in [1.54, 1.807) is 0 Å². The molecule has 0 saturated heterocycles. The second-order valence-corrected chi connectivity index (χ2v) is 3.47. The summed E-state index contributed by atoms with van der Waals surface area (Å²) in [6.07, 6.45) is 4.51. The molecule has 1 N–H and O–H groups in total. The Morgan fingerprint density at radius 1 is 1.57 bits per heavy atom. The fraction of sp³-hybridized carbons (Fsp3) is 0.400. The minimum Gasteiger partial charge on any atom is -0.349 e. The second-order valence-electron chi connectivity index (χ2n) is 3.47. The second kappa shape index (κ2) is 3.74. The molecular weight excluding hydrogens is 183 g/mol. The van der Waals surface area contributed by atoms with Crippen LogP contribution in [0.15, 0.2) is 18.3 Å². The highest BCUT2D eigenvalue weighted by Crippen LogP contribution is 2.18. The summed E-state index contributed by atoms with van der Waals surface area (Å²) < 4.78 is 12.7. The maximum absolute atomic E-state index is 12.7. The first-order chi connectivity index (χ1) is 6.75. The number of carbonyl (C=O) groups is 1. The maximum Gasteiger partial charge on any atom is 0.251 e. The van der Waals surface area contributed by atoms with Gasteiger partial charge < -0.3 is 5.32 Å². The summed E-state index contributed by atoms with van der Waals surface area (Å²) in [5, 5.41) is 2.83. The van der Waals surface area contributed by atoms with Gasteiger partial charge in [-0.1, -0.05) is 0 Å². The van der Waals surface area contributed by atoms with Crippen molar-refractivity contribution in [1.29, 1.82) is 0 Å². The molecule has 0 aliphatic heterocycles. The molecule has 2 rings (SSSR count). The Labute approximate surface area is 81.3 Å². The third-order valence-corrected chi connectivity index (χ3v) is 2.43. The quantitative estimate of drug-likeness (QED) is 0.725. The van der Waals surface area contributed by atoms with E-state index in [4.69, 9.17) is 0 Å². The van der Waals surface area contributed by atoms with Gasteiger partial charge in [0.25, 0.3) is 5.91 Å². The van der Waals surface area contributed by atoms with Crippen molar-refractivity contribution in [2.75, 3.05) is 0 Å². The summed E-state index contributed by atoms with van der Waals surface area (Å²) in [5.41, 5.74) is 0.337. The number of aromatic nitrogens is 1. The normalized spacial score (nSPS) is 16.1. The van der Waals surface area contributed by atoms with Crippen LogP contribution in [0.4, 0.5) is 4.39 Å². The van der Waals surface area contributed by atoms with Crippen molar-refractivity contribution >= 4 is 5.91 Å². The van der Waals surface area contributed by atoms with E-state index < -0.39 is 5.95 Å². The lowest BCUT2D eigenvalue weighted by Crippen LogP contribution is -2.39. The van der Waals surface area contributed by atoms with Gasteiger partial charge in [-0.3, -0.25) is 4.79 Å². The summed E-state index contributed by atoms with van der Waals surface area (Å²) >= 11 is 0. The van der Waals surface area contributed by atoms with Crippen LogP contribution < -0.4 is 5.32 Å². The van der Waals surface area contributed by atoms with Crippen molar-refractivity contribution in [1.82, 2.24) is 10.3 Å². The van der Waals surface area contributed by atoms with Crippen LogP contribution in [0.5, 0.6) is 0 Å². The summed E-state index contributed by atoms with van der Waals surface area (Å²) in [6, 6.07) is 2.93. The molecule has 1 amide bonds. The van der Waals surface area contributed by atoms with Crippen molar-refractivity contribution < 1.29 is 9.18 Å². The highest BCUT2D eigenvalue weighted by molar-refractivity contribution is 5.94. The van der Waals surface area contributed by atoms with Crippen LogP contribution in [0.25, 0.3) is 0 Å². The molecule has 0 atom stereocenters. The number of hydrogen-bond acceptors (Lipinski definition) is 2. The molecule has 1 saturated carbocycles. The van der Waals surface area contributed by atoms with Crippen LogP contribution in [0.3, 0.4) is 0 Å². The van der Waals surface area contributed by atoms with Crippen LogP contribution in [0, 0.1) is 5.95 Å². The minimum absolute atomic E-state index is 0.212. The molecule has 1 heterocycles. The number of nitrogens with zero attached hydrogens (tertiary/aromatic N) is 1. The van der Waals surface area contributed by atoms with Gasteiger partial charge in [-0.15, -0.1) is 0 Å². The molecule has 1 fully saturated rings. The molecule has 4 heteroatoms. The number of hydrogen-bond donors (Lipinski definition) is 1. The Morgan fingerprint density at radius 2 is 2.36 bits per heavy atom. The van der Waals surface area contributed by atoms with E-state index in [9.17, 15) is 9.18 Å². The SMILES string of the molecule is O=C(NC1CCC1)c1ccnc(F)c1. The zero-order valence-corrected chi connectivity index (χ0v) is 7.66. The molecule has 0 unspecified atom stereocenters. The van der Waals surface area contributed by atoms with E-state index in [0.717, 1.165) is 25.3 Å². The first-order valence-corrected chi connectivity index (χ1v) is 4.68. The molecule has 0 radical (unpaired) electrons. The minimum atomic E-state index is -0.619. The maximum atomic E-state index is 12.7. The average Bonchev–Trinajstić information content (AvgIpc) is 2.11. The first kappa shape index (κ1) is 9.12. The number of pyridine rings is 1. The van der Waals surface area contributed by atoms with Gasteiger partial charge in [0.1, 0.15) is 0 Å². The van der Waals surface area contributed by atoms with Crippen LogP contribution in [-0.4, -0.2) is 16.9 Å². The van der Waals surface area contributed by atoms with Gasteiger partial charge in [0.2, 0.25) is 5.95 Å². The van der Waals surface area contributed by atoms with Gasteiger partial charge in [-0.05, 0) is 25.3 Å². The lowest BCUT2D eigenvalue weighted by atomic mass is 9.93. The standard InChI is InChI=1S/C10H11FN2O/c11-9-6-7(4-5-12-9)10(14)13-8-2-1-3-8/h4-6,8H,1-3H2,(H,13,14). The number of amides is 1. The van der Waals surface area contributed by atoms with Crippen molar-refractivity contribution in [2.45, 2.75) is 25.3 Å². The summed E-state index contributed by atoms with van der Waals surface area (Å²) in [5.74, 6) is -0.831. The van der Waals surface area contributed by atoms with Gasteiger partial charge in [0, 0.05) is 23.9 Å². The van der Waals surface area contributed by atoms with E-state index >= 15 is 0 Å². The molecule has 0 spiro atoms. The van der Waals surface area contributed by atoms with Crippen LogP contribution >= 0.6 is 0 Å². The topological polar surface area (TPSA) is 42.0 Å². The number of carbonyl (C=O) groups excluding carboxylic acids is 1. The average molecular weight is 194 g/mol. The van der Waals surface area contributed by atoms with Crippen LogP contribution in [-0.2, 0) is 0 Å². The number of nitrogens with one attached hydrogen (secondary N) is 1. The molecule has 0 aromatic carbocycles. The van der Waals surface area contributed by atoms with Gasteiger partial charge in [-0.25, -0.2) is 4.98 Å². The lowest BCUT2D eigenvalue weighted by Gasteiger charge is -2.26. The van der Waals surface area contributed by atoms with E-state index in [-0.39, 0.29) is 11.9 Å². The summed E-state index contributed by atoms with van der Waals surface area (Å²) in [4.78, 5) is 14.9. The van der Waals surface area contributed by atoms with E-state index in [1.165, 1.54) is 12.3 Å². The molecular formula is C10H11FN2O. The van der Waals surface area contributed by atoms with Crippen molar-refractivity contribution in [3.63, 3.8) is 0 Å². The highest BCUT2D eigenvalue weighted by Gasteiger charge is 2.20. The van der Waals surface area contributed by atoms with Gasteiger partial charge in [0.05, 0.1) is 0 Å². The molecule has 74 valence electrons. The van der Waals surface area contributed by atoms with Crippen molar-refractivity contribution in [3.8, 4) is 0 Å². The Hall–Kier alpha value is -1.45. The van der Waals surface area contributed by atoms with Crippen molar-refractivity contribution in [3.05, 3.63) is 29.8 Å². The Kier molecular flexibility index (Phi) is 2.43. The predicted octanol–water partition coefficient (Wildman–Crippen LogP) is 1.50. The van der Waals surface area contributed by atoms with E-state index in [0.29, 0.717) is 5.56 Å². The fourth-order valence-electron chi connectivity index (χ4n) is 1.37. The largest absolute Gasteiger partial charge is 0.349 e. The lowest BCUT2D eigenvalue weighted by molar-refractivity contribution is 0.0916. The van der Waals surface area contributed by atoms with E-state index in [1.807, 2.05) is 0 Å². The third kappa shape index (κ3) is 1.89. The Bertz CT molecular complexity index is 350. The van der Waals surface area contributed by atoms with Gasteiger partial charge in [-0.2, -0.15) is 4.39 Å². The van der Waals surface area contributed by atoms with Gasteiger partial charge >= 0.3 is 0 Å². The van der Waals surface area contributed by atoms with Gasteiger partial charge in [0.15, 0.2) is 0 Å². The van der Waals surface area contributed by atoms with E-state index in [2.05, 4.69) is 10.3 Å². The monoisotopic (exact) mass is 194 g/mol. The zero-order chi connectivity index (χ0) is 9.97. The molecule has 0 bridgehead atoms. The predicted molar refractivity (Wildman–Crippen MR) is 49.3 cm³/mol. The Balaban J connectivity index is 2.02. The van der Waals surface area contributed by atoms with Crippen LogP contribution in [0.2, 0.25) is 0 Å². The zero-order valence-electron chi connectivity index (χ0n) is 7.66. The summed E-state index contributed by atoms with van der Waals surface area (Å²) in [6.45, 7) is 0. The third-order valence-electron chi connectivity index (χ3n) is 2.43. The molecule has 1 aromatic rings. The number of rotatable bonds is 2. The molecule has 3 nitrogen and oxygen atoms in total. The Morgan fingerprint density at radius 3 is 2.93 bits per heavy atom. The first-order valence-electron chi connectivity index (χ1n) is 4.68. The molecule has 1 aliphatic rings. The number of halogens is 1. The fourth-order valence-corrected chi connectivity index (χ4v) is 1.37. The summed E-state index contributed by atoms with van der Waals surface area (Å²) in [7, 11) is 0. The molecule has 14 heavy (non-hydrogen) atoms. The molecule has 1 aromatic heterocycles. The smallest absolute Gasteiger partial charge is 0.251 e. The van der Waals surface area contributed by atoms with Crippen molar-refractivity contribution in [2.24, 2.45) is 0 Å².